The number of anilines is 1. The van der Waals surface area contributed by atoms with Crippen LogP contribution in [-0.2, 0) is 16.0 Å². The van der Waals surface area contributed by atoms with E-state index in [0.717, 1.165) is 57.4 Å². The number of carbonyl (C=O) groups excluding carboxylic acids is 1. The average molecular weight is 390 g/mol. The van der Waals surface area contributed by atoms with Gasteiger partial charge >= 0.3 is 0 Å². The SMILES string of the molecule is Cl.Cl.O=C(CNCC1CC1)Nc1ccc(CCN2CCOCC2)cc1. The van der Waals surface area contributed by atoms with Crippen molar-refractivity contribution in [2.75, 3.05) is 51.3 Å². The molecule has 1 aromatic rings. The standard InChI is InChI=1S/C18H27N3O2.2ClH/c22-18(14-19-13-16-1-2-16)20-17-5-3-15(4-6-17)7-8-21-9-11-23-12-10-21;;/h3-6,16,19H,1-2,7-14H2,(H,20,22);2*1H. The lowest BCUT2D eigenvalue weighted by Gasteiger charge is -2.26. The zero-order valence-corrected chi connectivity index (χ0v) is 16.2. The zero-order chi connectivity index (χ0) is 15.9. The summed E-state index contributed by atoms with van der Waals surface area (Å²) in [5.41, 5.74) is 2.18. The van der Waals surface area contributed by atoms with E-state index in [1.165, 1.54) is 18.4 Å². The molecule has 1 heterocycles. The summed E-state index contributed by atoms with van der Waals surface area (Å²) >= 11 is 0. The van der Waals surface area contributed by atoms with Crippen molar-refractivity contribution in [3.8, 4) is 0 Å². The number of carbonyl (C=O) groups is 1. The minimum absolute atomic E-state index is 0. The molecule has 2 N–H and O–H groups in total. The number of benzene rings is 1. The minimum atomic E-state index is 0. The van der Waals surface area contributed by atoms with Crippen molar-refractivity contribution in [3.63, 3.8) is 0 Å². The predicted molar refractivity (Wildman–Crippen MR) is 106 cm³/mol. The molecule has 0 bridgehead atoms. The van der Waals surface area contributed by atoms with Gasteiger partial charge in [0.05, 0.1) is 19.8 Å². The molecule has 2 fully saturated rings. The molecule has 7 heteroatoms. The lowest BCUT2D eigenvalue weighted by Crippen LogP contribution is -2.37. The normalized spacial score (nSPS) is 17.3. The van der Waals surface area contributed by atoms with Crippen molar-refractivity contribution in [1.82, 2.24) is 10.2 Å². The summed E-state index contributed by atoms with van der Waals surface area (Å²) < 4.78 is 5.36. The van der Waals surface area contributed by atoms with Gasteiger partial charge in [0.2, 0.25) is 5.91 Å². The molecule has 1 aliphatic carbocycles. The Morgan fingerprint density at radius 2 is 1.80 bits per heavy atom. The summed E-state index contributed by atoms with van der Waals surface area (Å²) in [4.78, 5) is 14.3. The topological polar surface area (TPSA) is 53.6 Å². The van der Waals surface area contributed by atoms with Gasteiger partial charge in [0.15, 0.2) is 0 Å². The molecule has 2 aliphatic rings. The Morgan fingerprint density at radius 3 is 2.44 bits per heavy atom. The van der Waals surface area contributed by atoms with Crippen LogP contribution < -0.4 is 10.6 Å². The third kappa shape index (κ3) is 8.38. The van der Waals surface area contributed by atoms with Crippen LogP contribution in [0.5, 0.6) is 0 Å². The molecule has 1 aliphatic heterocycles. The van der Waals surface area contributed by atoms with Gasteiger partial charge < -0.3 is 15.4 Å². The third-order valence-electron chi connectivity index (χ3n) is 4.47. The molecular formula is C18H29Cl2N3O2. The van der Waals surface area contributed by atoms with Gasteiger partial charge in [-0.1, -0.05) is 12.1 Å². The quantitative estimate of drug-likeness (QED) is 0.716. The van der Waals surface area contributed by atoms with Crippen molar-refractivity contribution in [1.29, 1.82) is 0 Å². The highest BCUT2D eigenvalue weighted by Gasteiger charge is 2.20. The Morgan fingerprint density at radius 1 is 1.12 bits per heavy atom. The van der Waals surface area contributed by atoms with Crippen LogP contribution in [0.4, 0.5) is 5.69 Å². The number of nitrogens with zero attached hydrogens (tertiary/aromatic N) is 1. The Balaban J connectivity index is 0.00000156. The lowest BCUT2D eigenvalue weighted by molar-refractivity contribution is -0.115. The van der Waals surface area contributed by atoms with Crippen LogP contribution in [0.1, 0.15) is 18.4 Å². The number of halogens is 2. The molecule has 1 aromatic carbocycles. The Bertz CT molecular complexity index is 504. The summed E-state index contributed by atoms with van der Waals surface area (Å²) in [6, 6.07) is 8.20. The van der Waals surface area contributed by atoms with Gasteiger partial charge in [-0.05, 0) is 49.4 Å². The maximum atomic E-state index is 11.8. The van der Waals surface area contributed by atoms with Crippen LogP contribution in [0, 0.1) is 5.92 Å². The fraction of sp³-hybridized carbons (Fsp3) is 0.611. The van der Waals surface area contributed by atoms with Crippen LogP contribution in [0.25, 0.3) is 0 Å². The third-order valence-corrected chi connectivity index (χ3v) is 4.47. The van der Waals surface area contributed by atoms with E-state index in [9.17, 15) is 4.79 Å². The average Bonchev–Trinajstić information content (AvgIpc) is 3.39. The molecule has 0 radical (unpaired) electrons. The van der Waals surface area contributed by atoms with E-state index in [0.29, 0.717) is 6.54 Å². The largest absolute Gasteiger partial charge is 0.379 e. The molecule has 1 saturated heterocycles. The number of morpholine rings is 1. The number of hydrogen-bond donors (Lipinski definition) is 2. The first kappa shape index (κ1) is 22.2. The summed E-state index contributed by atoms with van der Waals surface area (Å²) in [5.74, 6) is 0.834. The number of rotatable bonds is 8. The molecule has 5 nitrogen and oxygen atoms in total. The van der Waals surface area contributed by atoms with E-state index in [2.05, 4.69) is 27.7 Å². The second-order valence-electron chi connectivity index (χ2n) is 6.52. The van der Waals surface area contributed by atoms with E-state index in [1.54, 1.807) is 0 Å². The summed E-state index contributed by atoms with van der Waals surface area (Å²) in [6.45, 7) is 6.19. The van der Waals surface area contributed by atoms with Crippen LogP contribution >= 0.6 is 24.8 Å². The zero-order valence-electron chi connectivity index (χ0n) is 14.5. The summed E-state index contributed by atoms with van der Waals surface area (Å²) in [5, 5.41) is 6.15. The van der Waals surface area contributed by atoms with E-state index >= 15 is 0 Å². The Labute approximate surface area is 162 Å². The van der Waals surface area contributed by atoms with Gasteiger partial charge in [0.25, 0.3) is 0 Å². The van der Waals surface area contributed by atoms with Crippen LogP contribution in [0.2, 0.25) is 0 Å². The molecule has 0 unspecified atom stereocenters. The fourth-order valence-electron chi connectivity index (χ4n) is 2.78. The Kier molecular flexibility index (Phi) is 10.4. The molecular weight excluding hydrogens is 361 g/mol. The second kappa shape index (κ2) is 11.7. The van der Waals surface area contributed by atoms with E-state index in [4.69, 9.17) is 4.74 Å². The molecule has 0 atom stereocenters. The first-order valence-corrected chi connectivity index (χ1v) is 8.69. The van der Waals surface area contributed by atoms with Crippen molar-refractivity contribution in [3.05, 3.63) is 29.8 Å². The summed E-state index contributed by atoms with van der Waals surface area (Å²) in [7, 11) is 0. The van der Waals surface area contributed by atoms with Gasteiger partial charge in [-0.2, -0.15) is 0 Å². The van der Waals surface area contributed by atoms with Crippen LogP contribution in [0.15, 0.2) is 24.3 Å². The summed E-state index contributed by atoms with van der Waals surface area (Å²) in [6.07, 6.45) is 3.65. The molecule has 142 valence electrons. The highest BCUT2D eigenvalue weighted by atomic mass is 35.5. The molecule has 3 rings (SSSR count). The number of nitrogens with one attached hydrogen (secondary N) is 2. The van der Waals surface area contributed by atoms with Gasteiger partial charge in [-0.3, -0.25) is 9.69 Å². The fourth-order valence-corrected chi connectivity index (χ4v) is 2.78. The van der Waals surface area contributed by atoms with Crippen molar-refractivity contribution < 1.29 is 9.53 Å². The number of amides is 1. The molecule has 1 amide bonds. The van der Waals surface area contributed by atoms with Gasteiger partial charge in [0.1, 0.15) is 0 Å². The van der Waals surface area contributed by atoms with E-state index < -0.39 is 0 Å². The first-order valence-electron chi connectivity index (χ1n) is 8.69. The first-order chi connectivity index (χ1) is 11.3. The molecule has 1 saturated carbocycles. The second-order valence-corrected chi connectivity index (χ2v) is 6.52. The van der Waals surface area contributed by atoms with Crippen LogP contribution in [0.3, 0.4) is 0 Å². The number of ether oxygens (including phenoxy) is 1. The van der Waals surface area contributed by atoms with Gasteiger partial charge in [-0.25, -0.2) is 0 Å². The monoisotopic (exact) mass is 389 g/mol. The van der Waals surface area contributed by atoms with Crippen molar-refractivity contribution in [2.24, 2.45) is 5.92 Å². The van der Waals surface area contributed by atoms with Gasteiger partial charge in [-0.15, -0.1) is 24.8 Å². The molecule has 25 heavy (non-hydrogen) atoms. The minimum Gasteiger partial charge on any atom is -0.379 e. The van der Waals surface area contributed by atoms with E-state index in [1.807, 2.05) is 12.1 Å². The highest BCUT2D eigenvalue weighted by Crippen LogP contribution is 2.27. The van der Waals surface area contributed by atoms with E-state index in [-0.39, 0.29) is 30.7 Å². The maximum absolute atomic E-state index is 11.8. The predicted octanol–water partition coefficient (Wildman–Crippen LogP) is 2.34. The Hall–Kier alpha value is -0.850. The molecule has 0 spiro atoms. The smallest absolute Gasteiger partial charge is 0.238 e. The van der Waals surface area contributed by atoms with Crippen molar-refractivity contribution >= 4 is 36.4 Å². The van der Waals surface area contributed by atoms with Gasteiger partial charge in [0, 0.05) is 25.3 Å². The van der Waals surface area contributed by atoms with Crippen LogP contribution in [-0.4, -0.2) is 56.7 Å². The van der Waals surface area contributed by atoms with Crippen molar-refractivity contribution in [2.45, 2.75) is 19.3 Å². The highest BCUT2D eigenvalue weighted by molar-refractivity contribution is 5.92. The lowest BCUT2D eigenvalue weighted by atomic mass is 10.1. The maximum Gasteiger partial charge on any atom is 0.238 e. The molecule has 0 aromatic heterocycles. The number of hydrogen-bond acceptors (Lipinski definition) is 4.